The number of thioether (sulfide) groups is 1. The smallest absolute Gasteiger partial charge is 0.187 e. The second-order valence-corrected chi connectivity index (χ2v) is 3.46. The molecule has 0 N–H and O–H groups in total. The maximum absolute atomic E-state index is 5.12. The van der Waals surface area contributed by atoms with E-state index in [0.29, 0.717) is 6.61 Å². The van der Waals surface area contributed by atoms with Crippen molar-refractivity contribution in [3.63, 3.8) is 0 Å². The van der Waals surface area contributed by atoms with Crippen LogP contribution in [0.1, 0.15) is 18.2 Å². The van der Waals surface area contributed by atoms with Crippen LogP contribution in [0.2, 0.25) is 0 Å². The van der Waals surface area contributed by atoms with Crippen LogP contribution < -0.4 is 0 Å². The summed E-state index contributed by atoms with van der Waals surface area (Å²) in [5, 5.41) is 0.784. The third kappa shape index (κ3) is 3.03. The van der Waals surface area contributed by atoms with Gasteiger partial charge < -0.3 is 4.74 Å². The first-order valence-corrected chi connectivity index (χ1v) is 5.66. The van der Waals surface area contributed by atoms with Gasteiger partial charge in [0.2, 0.25) is 0 Å². The monoisotopic (exact) mass is 210 g/mol. The van der Waals surface area contributed by atoms with Crippen molar-refractivity contribution in [2.75, 3.05) is 12.9 Å². The Morgan fingerprint density at radius 3 is 3.00 bits per heavy atom. The molecule has 0 fully saturated rings. The highest BCUT2D eigenvalue weighted by Crippen LogP contribution is 2.12. The summed E-state index contributed by atoms with van der Waals surface area (Å²) in [6.07, 6.45) is 7.31. The number of hydrogen-bond acceptors (Lipinski definition) is 4. The summed E-state index contributed by atoms with van der Waals surface area (Å²) in [7, 11) is 0. The minimum Gasteiger partial charge on any atom is -0.501 e. The molecular weight excluding hydrogens is 196 g/mol. The van der Waals surface area contributed by atoms with E-state index in [9.17, 15) is 0 Å². The van der Waals surface area contributed by atoms with Crippen LogP contribution in [0, 0.1) is 6.92 Å². The van der Waals surface area contributed by atoms with E-state index in [-0.39, 0.29) is 0 Å². The van der Waals surface area contributed by atoms with Crippen LogP contribution in [0.25, 0.3) is 6.08 Å². The van der Waals surface area contributed by atoms with E-state index in [1.807, 2.05) is 32.4 Å². The lowest BCUT2D eigenvalue weighted by Crippen LogP contribution is -1.92. The van der Waals surface area contributed by atoms with Crippen LogP contribution in [0.4, 0.5) is 0 Å². The third-order valence-electron chi connectivity index (χ3n) is 1.66. The molecule has 4 heteroatoms. The van der Waals surface area contributed by atoms with Gasteiger partial charge in [-0.1, -0.05) is 11.8 Å². The van der Waals surface area contributed by atoms with Crippen LogP contribution in [0.5, 0.6) is 0 Å². The van der Waals surface area contributed by atoms with Crippen molar-refractivity contribution in [2.45, 2.75) is 19.0 Å². The topological polar surface area (TPSA) is 35.0 Å². The van der Waals surface area contributed by atoms with E-state index < -0.39 is 0 Å². The number of ether oxygens (including phenoxy) is 1. The summed E-state index contributed by atoms with van der Waals surface area (Å²) in [5.74, 6) is 0. The zero-order chi connectivity index (χ0) is 10.4. The Hall–Kier alpha value is -1.03. The second kappa shape index (κ2) is 5.65. The van der Waals surface area contributed by atoms with Crippen LogP contribution in [-0.2, 0) is 4.74 Å². The molecule has 0 bridgehead atoms. The summed E-state index contributed by atoms with van der Waals surface area (Å²) in [5.41, 5.74) is 1.97. The van der Waals surface area contributed by atoms with Crippen molar-refractivity contribution in [1.82, 2.24) is 9.97 Å². The fourth-order valence-electron chi connectivity index (χ4n) is 0.914. The van der Waals surface area contributed by atoms with Crippen molar-refractivity contribution in [2.24, 2.45) is 0 Å². The van der Waals surface area contributed by atoms with E-state index in [1.54, 1.807) is 6.26 Å². The molecule has 0 aliphatic carbocycles. The molecule has 0 saturated carbocycles. The summed E-state index contributed by atoms with van der Waals surface area (Å²) >= 11 is 1.53. The molecule has 1 rings (SSSR count). The van der Waals surface area contributed by atoms with E-state index in [0.717, 1.165) is 16.4 Å². The van der Waals surface area contributed by atoms with Gasteiger partial charge in [-0.25, -0.2) is 9.97 Å². The molecule has 0 radical (unpaired) electrons. The van der Waals surface area contributed by atoms with Crippen molar-refractivity contribution in [3.05, 3.63) is 23.7 Å². The molecule has 0 spiro atoms. The summed E-state index contributed by atoms with van der Waals surface area (Å²) in [6, 6.07) is 0. The molecule has 0 amide bonds. The van der Waals surface area contributed by atoms with Gasteiger partial charge in [0.15, 0.2) is 5.16 Å². The quantitative estimate of drug-likeness (QED) is 0.434. The van der Waals surface area contributed by atoms with Crippen molar-refractivity contribution < 1.29 is 4.74 Å². The van der Waals surface area contributed by atoms with Gasteiger partial charge in [0.25, 0.3) is 0 Å². The van der Waals surface area contributed by atoms with Gasteiger partial charge in [0.05, 0.1) is 18.6 Å². The fourth-order valence-corrected chi connectivity index (χ4v) is 1.26. The van der Waals surface area contributed by atoms with Gasteiger partial charge in [-0.2, -0.15) is 0 Å². The molecule has 1 aromatic rings. The highest BCUT2D eigenvalue weighted by Gasteiger charge is 1.99. The molecule has 0 aliphatic heterocycles. The molecule has 76 valence electrons. The zero-order valence-corrected chi connectivity index (χ0v) is 9.47. The molecule has 0 atom stereocenters. The maximum atomic E-state index is 5.12. The molecule has 0 aliphatic rings. The lowest BCUT2D eigenvalue weighted by molar-refractivity contribution is 0.272. The van der Waals surface area contributed by atoms with Crippen LogP contribution in [0.15, 0.2) is 17.6 Å². The van der Waals surface area contributed by atoms with E-state index in [1.165, 1.54) is 11.8 Å². The average Bonchev–Trinajstić information content (AvgIpc) is 2.21. The van der Waals surface area contributed by atoms with Crippen LogP contribution in [-0.4, -0.2) is 22.8 Å². The van der Waals surface area contributed by atoms with E-state index in [2.05, 4.69) is 9.97 Å². The van der Waals surface area contributed by atoms with Crippen LogP contribution in [0.3, 0.4) is 0 Å². The summed E-state index contributed by atoms with van der Waals surface area (Å²) in [6.45, 7) is 4.61. The van der Waals surface area contributed by atoms with Gasteiger partial charge in [0.1, 0.15) is 0 Å². The molecular formula is C10H14N2OS. The fraction of sp³-hybridized carbons (Fsp3) is 0.400. The number of rotatable bonds is 4. The highest BCUT2D eigenvalue weighted by molar-refractivity contribution is 7.98. The molecule has 1 aromatic heterocycles. The van der Waals surface area contributed by atoms with Gasteiger partial charge in [-0.3, -0.25) is 0 Å². The van der Waals surface area contributed by atoms with Gasteiger partial charge in [-0.05, 0) is 31.7 Å². The molecule has 0 unspecified atom stereocenters. The lowest BCUT2D eigenvalue weighted by Gasteiger charge is -2.01. The minimum atomic E-state index is 0.677. The zero-order valence-electron chi connectivity index (χ0n) is 8.65. The number of aryl methyl sites for hydroxylation is 1. The van der Waals surface area contributed by atoms with E-state index >= 15 is 0 Å². The highest BCUT2D eigenvalue weighted by atomic mass is 32.2. The summed E-state index contributed by atoms with van der Waals surface area (Å²) in [4.78, 5) is 8.51. The van der Waals surface area contributed by atoms with Crippen molar-refractivity contribution >= 4 is 17.8 Å². The van der Waals surface area contributed by atoms with Crippen molar-refractivity contribution in [1.29, 1.82) is 0 Å². The van der Waals surface area contributed by atoms with Gasteiger partial charge in [0, 0.05) is 6.20 Å². The lowest BCUT2D eigenvalue weighted by atomic mass is 10.2. The van der Waals surface area contributed by atoms with Gasteiger partial charge in [-0.15, -0.1) is 0 Å². The minimum absolute atomic E-state index is 0.677. The molecule has 0 saturated heterocycles. The Bertz CT molecular complexity index is 326. The maximum Gasteiger partial charge on any atom is 0.187 e. The van der Waals surface area contributed by atoms with Crippen molar-refractivity contribution in [3.8, 4) is 0 Å². The Labute approximate surface area is 88.6 Å². The Morgan fingerprint density at radius 1 is 1.57 bits per heavy atom. The predicted molar refractivity (Wildman–Crippen MR) is 59.2 cm³/mol. The largest absolute Gasteiger partial charge is 0.501 e. The van der Waals surface area contributed by atoms with E-state index in [4.69, 9.17) is 4.74 Å². The second-order valence-electron chi connectivity index (χ2n) is 2.68. The first-order chi connectivity index (χ1) is 6.77. The third-order valence-corrected chi connectivity index (χ3v) is 2.22. The number of nitrogens with zero attached hydrogens (tertiary/aromatic N) is 2. The molecule has 3 nitrogen and oxygen atoms in total. The number of aromatic nitrogens is 2. The predicted octanol–water partition coefficient (Wildman–Crippen LogP) is 2.51. The Morgan fingerprint density at radius 2 is 2.36 bits per heavy atom. The first kappa shape index (κ1) is 11.0. The van der Waals surface area contributed by atoms with Gasteiger partial charge >= 0.3 is 0 Å². The first-order valence-electron chi connectivity index (χ1n) is 4.43. The molecule has 0 aromatic carbocycles. The Balaban J connectivity index is 2.83. The number of hydrogen-bond donors (Lipinski definition) is 0. The normalized spacial score (nSPS) is 10.8. The van der Waals surface area contributed by atoms with Crippen LogP contribution >= 0.6 is 11.8 Å². The molecule has 1 heterocycles. The standard InChI is InChI=1S/C10H14N2OS/c1-4-13-6-5-9-8(2)7-11-10(12-9)14-3/h5-7H,4H2,1-3H3/b6-5-. The summed E-state index contributed by atoms with van der Waals surface area (Å²) < 4.78 is 5.12. The molecule has 14 heavy (non-hydrogen) atoms. The average molecular weight is 210 g/mol. The Kier molecular flexibility index (Phi) is 4.46. The SMILES string of the molecule is CCO/C=C\c1nc(SC)ncc1C.